The molecule has 0 spiro atoms. The summed E-state index contributed by atoms with van der Waals surface area (Å²) in [4.78, 5) is 31.1. The molecule has 0 aliphatic heterocycles. The van der Waals surface area contributed by atoms with Crippen molar-refractivity contribution in [1.82, 2.24) is 14.9 Å². The van der Waals surface area contributed by atoms with E-state index in [2.05, 4.69) is 29.6 Å². The van der Waals surface area contributed by atoms with Gasteiger partial charge in [-0.15, -0.1) is 0 Å². The second kappa shape index (κ2) is 9.96. The quantitative estimate of drug-likeness (QED) is 0.289. The van der Waals surface area contributed by atoms with E-state index in [0.29, 0.717) is 34.0 Å². The molecule has 178 valence electrons. The van der Waals surface area contributed by atoms with Crippen LogP contribution in [0.2, 0.25) is 0 Å². The van der Waals surface area contributed by atoms with Gasteiger partial charge in [0.2, 0.25) is 5.91 Å². The summed E-state index contributed by atoms with van der Waals surface area (Å²) < 4.78 is 7.05. The number of nitrogens with one attached hydrogen (secondary N) is 1. The van der Waals surface area contributed by atoms with Crippen molar-refractivity contribution in [2.75, 3.05) is 19.4 Å². The minimum atomic E-state index is -0.194. The lowest BCUT2D eigenvalue weighted by molar-refractivity contribution is -0.119. The summed E-state index contributed by atoms with van der Waals surface area (Å²) in [6.45, 7) is 0.612. The Balaban J connectivity index is 1.39. The Morgan fingerprint density at radius 2 is 1.74 bits per heavy atom. The van der Waals surface area contributed by atoms with Gasteiger partial charge < -0.3 is 10.1 Å². The summed E-state index contributed by atoms with van der Waals surface area (Å²) in [6, 6.07) is 25.0. The van der Waals surface area contributed by atoms with Crippen LogP contribution < -0.4 is 15.6 Å². The summed E-state index contributed by atoms with van der Waals surface area (Å²) in [5, 5.41) is 4.10. The Morgan fingerprint density at radius 3 is 2.49 bits per heavy atom. The molecule has 7 heteroatoms. The molecule has 1 saturated carbocycles. The molecule has 4 aromatic rings. The number of amides is 1. The van der Waals surface area contributed by atoms with E-state index in [-0.39, 0.29) is 22.6 Å². The Morgan fingerprint density at radius 1 is 1.03 bits per heavy atom. The molecule has 35 heavy (non-hydrogen) atoms. The first-order valence-electron chi connectivity index (χ1n) is 11.7. The first kappa shape index (κ1) is 23.2. The molecule has 0 saturated heterocycles. The van der Waals surface area contributed by atoms with Crippen molar-refractivity contribution in [3.8, 4) is 11.4 Å². The topological polar surface area (TPSA) is 73.2 Å². The van der Waals surface area contributed by atoms with Crippen LogP contribution in [0.5, 0.6) is 5.75 Å². The lowest BCUT2D eigenvalue weighted by Crippen LogP contribution is -2.46. The van der Waals surface area contributed by atoms with Gasteiger partial charge in [-0.3, -0.25) is 14.2 Å². The van der Waals surface area contributed by atoms with Crippen molar-refractivity contribution in [1.29, 1.82) is 0 Å². The molecule has 5 rings (SSSR count). The van der Waals surface area contributed by atoms with Crippen molar-refractivity contribution < 1.29 is 9.53 Å². The number of fused-ring (bicyclic) bond motifs is 1. The average molecular weight is 486 g/mol. The van der Waals surface area contributed by atoms with Crippen molar-refractivity contribution in [3.05, 3.63) is 94.8 Å². The van der Waals surface area contributed by atoms with E-state index in [1.165, 1.54) is 28.3 Å². The molecule has 0 radical (unpaired) electrons. The number of thioether (sulfide) groups is 1. The summed E-state index contributed by atoms with van der Waals surface area (Å²) in [7, 11) is 1.57. The molecule has 0 atom stereocenters. The van der Waals surface area contributed by atoms with Gasteiger partial charge in [0, 0.05) is 12.0 Å². The molecule has 0 bridgehead atoms. The van der Waals surface area contributed by atoms with Gasteiger partial charge in [0.05, 0.1) is 29.5 Å². The minimum Gasteiger partial charge on any atom is -0.495 e. The van der Waals surface area contributed by atoms with Crippen LogP contribution in [0.3, 0.4) is 0 Å². The molecule has 1 amide bonds. The second-order valence-electron chi connectivity index (χ2n) is 8.79. The fraction of sp³-hybridized carbons (Fsp3) is 0.250. The number of carbonyl (C=O) groups is 1. The molecular formula is C28H27N3O3S. The second-order valence-corrected chi connectivity index (χ2v) is 9.73. The van der Waals surface area contributed by atoms with Gasteiger partial charge >= 0.3 is 0 Å². The molecule has 6 nitrogen and oxygen atoms in total. The number of rotatable bonds is 8. The van der Waals surface area contributed by atoms with Crippen LogP contribution in [-0.2, 0) is 10.2 Å². The zero-order valence-electron chi connectivity index (χ0n) is 19.6. The van der Waals surface area contributed by atoms with E-state index in [1.54, 1.807) is 19.2 Å². The Kier molecular flexibility index (Phi) is 6.59. The van der Waals surface area contributed by atoms with Gasteiger partial charge in [-0.1, -0.05) is 72.8 Å². The summed E-state index contributed by atoms with van der Waals surface area (Å²) in [5.74, 6) is 0.643. The third-order valence-electron chi connectivity index (χ3n) is 6.72. The predicted octanol–water partition coefficient (Wildman–Crippen LogP) is 4.72. The van der Waals surface area contributed by atoms with E-state index in [0.717, 1.165) is 12.8 Å². The lowest BCUT2D eigenvalue weighted by Gasteiger charge is -2.42. The van der Waals surface area contributed by atoms with E-state index in [1.807, 2.05) is 42.5 Å². The first-order chi connectivity index (χ1) is 17.1. The largest absolute Gasteiger partial charge is 0.495 e. The number of hydrogen-bond acceptors (Lipinski definition) is 5. The molecule has 1 aromatic heterocycles. The molecule has 1 aliphatic rings. The number of benzene rings is 3. The summed E-state index contributed by atoms with van der Waals surface area (Å²) in [5.41, 5.74) is 2.30. The van der Waals surface area contributed by atoms with E-state index >= 15 is 0 Å². The maximum absolute atomic E-state index is 13.5. The van der Waals surface area contributed by atoms with Crippen LogP contribution >= 0.6 is 11.8 Å². The van der Waals surface area contributed by atoms with Crippen LogP contribution in [0.1, 0.15) is 24.8 Å². The van der Waals surface area contributed by atoms with Gasteiger partial charge in [-0.25, -0.2) is 4.98 Å². The Labute approximate surface area is 208 Å². The van der Waals surface area contributed by atoms with Crippen LogP contribution in [-0.4, -0.2) is 34.9 Å². The van der Waals surface area contributed by atoms with Crippen LogP contribution in [0.15, 0.2) is 88.8 Å². The highest BCUT2D eigenvalue weighted by atomic mass is 32.2. The lowest BCUT2D eigenvalue weighted by atomic mass is 9.64. The molecule has 1 fully saturated rings. The summed E-state index contributed by atoms with van der Waals surface area (Å²) >= 11 is 1.25. The number of carbonyl (C=O) groups excluding carboxylic acids is 1. The van der Waals surface area contributed by atoms with Crippen LogP contribution in [0, 0.1) is 0 Å². The number of ether oxygens (including phenoxy) is 1. The highest BCUT2D eigenvalue weighted by molar-refractivity contribution is 7.99. The van der Waals surface area contributed by atoms with Crippen LogP contribution in [0.25, 0.3) is 16.6 Å². The van der Waals surface area contributed by atoms with Crippen LogP contribution in [0.4, 0.5) is 0 Å². The molecule has 1 N–H and O–H groups in total. The maximum Gasteiger partial charge on any atom is 0.266 e. The Bertz CT molecular complexity index is 1410. The smallest absolute Gasteiger partial charge is 0.266 e. The molecule has 1 aliphatic carbocycles. The van der Waals surface area contributed by atoms with Gasteiger partial charge in [-0.2, -0.15) is 0 Å². The number of hydrogen-bond donors (Lipinski definition) is 1. The first-order valence-corrected chi connectivity index (χ1v) is 12.7. The van der Waals surface area contributed by atoms with Gasteiger partial charge in [0.25, 0.3) is 5.56 Å². The highest BCUT2D eigenvalue weighted by Gasteiger charge is 2.38. The fourth-order valence-corrected chi connectivity index (χ4v) is 5.48. The van der Waals surface area contributed by atoms with E-state index in [4.69, 9.17) is 9.72 Å². The number of aromatic nitrogens is 2. The molecule has 1 heterocycles. The number of nitrogens with zero attached hydrogens (tertiary/aromatic N) is 2. The van der Waals surface area contributed by atoms with Crippen molar-refractivity contribution in [3.63, 3.8) is 0 Å². The number of methoxy groups -OCH3 is 1. The normalized spacial score (nSPS) is 14.3. The van der Waals surface area contributed by atoms with Gasteiger partial charge in [0.1, 0.15) is 5.75 Å². The highest BCUT2D eigenvalue weighted by Crippen LogP contribution is 2.43. The predicted molar refractivity (Wildman–Crippen MR) is 140 cm³/mol. The Hall–Kier alpha value is -3.58. The monoisotopic (exact) mass is 485 g/mol. The fourth-order valence-electron chi connectivity index (χ4n) is 4.65. The van der Waals surface area contributed by atoms with Crippen molar-refractivity contribution >= 4 is 28.6 Å². The van der Waals surface area contributed by atoms with E-state index in [9.17, 15) is 9.59 Å². The summed E-state index contributed by atoms with van der Waals surface area (Å²) in [6.07, 6.45) is 3.32. The van der Waals surface area contributed by atoms with E-state index < -0.39 is 0 Å². The third-order valence-corrected chi connectivity index (χ3v) is 7.66. The SMILES string of the molecule is COc1ccccc1-n1c(SCC(=O)NCC2(c3ccccc3)CCC2)nc2ccccc2c1=O. The maximum atomic E-state index is 13.5. The minimum absolute atomic E-state index is 0.0162. The number of para-hydroxylation sites is 3. The third kappa shape index (κ3) is 4.56. The standard InChI is InChI=1S/C28H27N3O3S/c1-34-24-15-8-7-14-23(24)31-26(33)21-12-5-6-13-22(21)30-27(31)35-18-25(32)29-19-28(16-9-17-28)20-10-3-2-4-11-20/h2-8,10-15H,9,16-19H2,1H3,(H,29,32). The zero-order valence-corrected chi connectivity index (χ0v) is 20.4. The molecular weight excluding hydrogens is 458 g/mol. The molecule has 0 unspecified atom stereocenters. The zero-order chi connectivity index (χ0) is 24.3. The van der Waals surface area contributed by atoms with Crippen molar-refractivity contribution in [2.45, 2.75) is 29.8 Å². The van der Waals surface area contributed by atoms with Crippen molar-refractivity contribution in [2.24, 2.45) is 0 Å². The van der Waals surface area contributed by atoms with Gasteiger partial charge in [-0.05, 0) is 42.7 Å². The average Bonchev–Trinajstić information content (AvgIpc) is 2.87. The van der Waals surface area contributed by atoms with Gasteiger partial charge in [0.15, 0.2) is 5.16 Å². The molecule has 3 aromatic carbocycles.